The van der Waals surface area contributed by atoms with Crippen molar-refractivity contribution >= 4 is 11.6 Å². The first kappa shape index (κ1) is 17.3. The van der Waals surface area contributed by atoms with Crippen LogP contribution < -0.4 is 0 Å². The lowest BCUT2D eigenvalue weighted by atomic mass is 9.99. The van der Waals surface area contributed by atoms with Crippen LogP contribution in [0.15, 0.2) is 36.5 Å². The van der Waals surface area contributed by atoms with E-state index in [9.17, 15) is 9.18 Å². The molecule has 1 fully saturated rings. The highest BCUT2D eigenvalue weighted by Crippen LogP contribution is 2.43. The summed E-state index contributed by atoms with van der Waals surface area (Å²) in [6.07, 6.45) is 4.62. The summed E-state index contributed by atoms with van der Waals surface area (Å²) in [4.78, 5) is 21.3. The molecule has 2 unspecified atom stereocenters. The highest BCUT2D eigenvalue weighted by Gasteiger charge is 2.43. The van der Waals surface area contributed by atoms with Crippen LogP contribution in [0.1, 0.15) is 30.1 Å². The van der Waals surface area contributed by atoms with Crippen molar-refractivity contribution in [3.8, 4) is 11.3 Å². The van der Waals surface area contributed by atoms with E-state index in [0.717, 1.165) is 41.7 Å². The van der Waals surface area contributed by atoms with E-state index in [1.807, 2.05) is 46.7 Å². The van der Waals surface area contributed by atoms with Crippen molar-refractivity contribution in [3.05, 3.63) is 53.6 Å². The van der Waals surface area contributed by atoms with Gasteiger partial charge in [0, 0.05) is 35.9 Å². The van der Waals surface area contributed by atoms with E-state index in [1.165, 1.54) is 12.1 Å². The van der Waals surface area contributed by atoms with Crippen LogP contribution in [-0.4, -0.2) is 57.0 Å². The molecule has 0 radical (unpaired) electrons. The average Bonchev–Trinajstić information content (AvgIpc) is 3.22. The molecule has 4 heterocycles. The lowest BCUT2D eigenvalue weighted by molar-refractivity contribution is -0.135. The lowest BCUT2D eigenvalue weighted by Crippen LogP contribution is -2.46. The molecule has 7 heteroatoms. The molecule has 2 aliphatic heterocycles. The van der Waals surface area contributed by atoms with E-state index < -0.39 is 0 Å². The third-order valence-corrected chi connectivity index (χ3v) is 5.77. The third kappa shape index (κ3) is 2.69. The van der Waals surface area contributed by atoms with Gasteiger partial charge in [-0.05, 0) is 39.1 Å². The van der Waals surface area contributed by atoms with Gasteiger partial charge >= 0.3 is 0 Å². The highest BCUT2D eigenvalue weighted by atomic mass is 19.1. The summed E-state index contributed by atoms with van der Waals surface area (Å²) < 4.78 is 15.5. The summed E-state index contributed by atoms with van der Waals surface area (Å²) in [5.74, 6) is -0.109. The van der Waals surface area contributed by atoms with Gasteiger partial charge in [-0.3, -0.25) is 4.79 Å². The molecule has 0 N–H and O–H groups in total. The summed E-state index contributed by atoms with van der Waals surface area (Å²) in [5.41, 5.74) is 4.40. The van der Waals surface area contributed by atoms with Gasteiger partial charge in [0.25, 0.3) is 0 Å². The minimum Gasteiger partial charge on any atom is -0.331 e. The number of likely N-dealkylation sites (N-methyl/N-ethyl adjacent to an activating group) is 1. The molecule has 2 atom stereocenters. The Hall–Kier alpha value is -2.80. The maximum Gasteiger partial charge on any atom is 0.237 e. The molecule has 3 aromatic rings. The smallest absolute Gasteiger partial charge is 0.237 e. The number of nitrogens with zero attached hydrogens (tertiary/aromatic N) is 5. The number of hydrogen-bond donors (Lipinski definition) is 0. The van der Waals surface area contributed by atoms with E-state index in [-0.39, 0.29) is 23.8 Å². The fourth-order valence-electron chi connectivity index (χ4n) is 4.61. The van der Waals surface area contributed by atoms with Gasteiger partial charge in [-0.15, -0.1) is 0 Å². The second kappa shape index (κ2) is 6.38. The van der Waals surface area contributed by atoms with Crippen molar-refractivity contribution in [3.63, 3.8) is 0 Å². The summed E-state index contributed by atoms with van der Waals surface area (Å²) >= 11 is 0. The first-order valence-corrected chi connectivity index (χ1v) is 9.60. The maximum absolute atomic E-state index is 13.6. The minimum atomic E-state index is -0.280. The molecule has 0 saturated carbocycles. The van der Waals surface area contributed by atoms with Crippen LogP contribution in [0.25, 0.3) is 16.9 Å². The van der Waals surface area contributed by atoms with Gasteiger partial charge < -0.3 is 9.80 Å². The van der Waals surface area contributed by atoms with E-state index in [2.05, 4.69) is 4.98 Å². The number of fused-ring (bicyclic) bond motifs is 6. The van der Waals surface area contributed by atoms with Crippen molar-refractivity contribution in [2.75, 3.05) is 20.6 Å². The molecule has 1 amide bonds. The quantitative estimate of drug-likeness (QED) is 0.702. The number of benzene rings is 1. The fraction of sp³-hybridized carbons (Fsp3) is 0.381. The standard InChI is InChI=1S/C21H22FN5O/c1-25(2)12-21(28)26-15-6-7-18(26)16-11-23-20-10-17(24-27(20)19(16)9-15)13-4-3-5-14(22)8-13/h3-5,8,10-11,15,18H,6-7,9,12H2,1-2H3. The zero-order valence-electron chi connectivity index (χ0n) is 16.0. The van der Waals surface area contributed by atoms with Crippen molar-refractivity contribution in [1.82, 2.24) is 24.4 Å². The molecule has 144 valence electrons. The number of rotatable bonds is 3. The van der Waals surface area contributed by atoms with Crippen molar-refractivity contribution in [1.29, 1.82) is 0 Å². The summed E-state index contributed by atoms with van der Waals surface area (Å²) in [6.45, 7) is 0.420. The molecule has 1 saturated heterocycles. The van der Waals surface area contributed by atoms with Gasteiger partial charge in [-0.25, -0.2) is 13.9 Å². The molecule has 0 spiro atoms. The highest BCUT2D eigenvalue weighted by molar-refractivity contribution is 5.80. The van der Waals surface area contributed by atoms with Gasteiger partial charge in [0.15, 0.2) is 5.65 Å². The van der Waals surface area contributed by atoms with Crippen LogP contribution >= 0.6 is 0 Å². The predicted molar refractivity (Wildman–Crippen MR) is 103 cm³/mol. The topological polar surface area (TPSA) is 53.7 Å². The molecular weight excluding hydrogens is 357 g/mol. The van der Waals surface area contributed by atoms with Crippen LogP contribution in [0.3, 0.4) is 0 Å². The fourth-order valence-corrected chi connectivity index (χ4v) is 4.61. The Kier molecular flexibility index (Phi) is 3.94. The Labute approximate surface area is 162 Å². The summed E-state index contributed by atoms with van der Waals surface area (Å²) in [6, 6.07) is 8.61. The molecule has 5 rings (SSSR count). The molecule has 1 aromatic carbocycles. The molecule has 2 aromatic heterocycles. The number of carbonyl (C=O) groups is 1. The summed E-state index contributed by atoms with van der Waals surface area (Å²) in [7, 11) is 3.83. The zero-order chi connectivity index (χ0) is 19.4. The SMILES string of the molecule is CN(C)CC(=O)N1C2CCC1c1cnc3cc(-c4cccc(F)c4)nn3c1C2. The van der Waals surface area contributed by atoms with Crippen LogP contribution in [0, 0.1) is 5.82 Å². The van der Waals surface area contributed by atoms with Gasteiger partial charge in [-0.2, -0.15) is 5.10 Å². The second-order valence-corrected chi connectivity index (χ2v) is 7.96. The van der Waals surface area contributed by atoms with E-state index in [1.54, 1.807) is 6.07 Å². The first-order chi connectivity index (χ1) is 13.5. The van der Waals surface area contributed by atoms with Gasteiger partial charge in [-0.1, -0.05) is 12.1 Å². The van der Waals surface area contributed by atoms with Gasteiger partial charge in [0.1, 0.15) is 5.82 Å². The Bertz CT molecular complexity index is 1080. The van der Waals surface area contributed by atoms with Crippen LogP contribution in [0.4, 0.5) is 4.39 Å². The Morgan fingerprint density at radius 1 is 1.29 bits per heavy atom. The largest absolute Gasteiger partial charge is 0.331 e. The average molecular weight is 379 g/mol. The number of hydrogen-bond acceptors (Lipinski definition) is 4. The number of halogens is 1. The number of amides is 1. The summed E-state index contributed by atoms with van der Waals surface area (Å²) in [5, 5.41) is 4.73. The number of aromatic nitrogens is 3. The van der Waals surface area contributed by atoms with Crippen molar-refractivity contribution in [2.24, 2.45) is 0 Å². The maximum atomic E-state index is 13.6. The van der Waals surface area contributed by atoms with Crippen LogP contribution in [0.5, 0.6) is 0 Å². The molecular formula is C21H22FN5O. The normalized spacial score (nSPS) is 20.8. The molecule has 2 bridgehead atoms. The second-order valence-electron chi connectivity index (χ2n) is 7.96. The van der Waals surface area contributed by atoms with Crippen LogP contribution in [-0.2, 0) is 11.2 Å². The van der Waals surface area contributed by atoms with Crippen molar-refractivity contribution < 1.29 is 9.18 Å². The van der Waals surface area contributed by atoms with Crippen LogP contribution in [0.2, 0.25) is 0 Å². The predicted octanol–water partition coefficient (Wildman–Crippen LogP) is 2.69. The first-order valence-electron chi connectivity index (χ1n) is 9.60. The minimum absolute atomic E-state index is 0.0694. The van der Waals surface area contributed by atoms with E-state index >= 15 is 0 Å². The Balaban J connectivity index is 1.56. The van der Waals surface area contributed by atoms with Crippen molar-refractivity contribution in [2.45, 2.75) is 31.3 Å². The monoisotopic (exact) mass is 379 g/mol. The molecule has 0 aliphatic carbocycles. The number of carbonyl (C=O) groups excluding carboxylic acids is 1. The van der Waals surface area contributed by atoms with E-state index in [4.69, 9.17) is 5.10 Å². The molecule has 28 heavy (non-hydrogen) atoms. The molecule has 2 aliphatic rings. The van der Waals surface area contributed by atoms with E-state index in [0.29, 0.717) is 12.2 Å². The zero-order valence-corrected chi connectivity index (χ0v) is 16.0. The lowest BCUT2D eigenvalue weighted by Gasteiger charge is -2.36. The molecule has 6 nitrogen and oxygen atoms in total. The third-order valence-electron chi connectivity index (χ3n) is 5.77. The van der Waals surface area contributed by atoms with Gasteiger partial charge in [0.05, 0.1) is 24.0 Å². The Morgan fingerprint density at radius 3 is 2.93 bits per heavy atom. The van der Waals surface area contributed by atoms with Gasteiger partial charge in [0.2, 0.25) is 5.91 Å². The Morgan fingerprint density at radius 2 is 2.14 bits per heavy atom.